The van der Waals surface area contributed by atoms with Gasteiger partial charge in [0.05, 0.1) is 33.8 Å². The number of ether oxygens (including phenoxy) is 1. The van der Waals surface area contributed by atoms with Crippen molar-refractivity contribution in [3.8, 4) is 0 Å². The van der Waals surface area contributed by atoms with Crippen LogP contribution in [-0.4, -0.2) is 58.9 Å². The van der Waals surface area contributed by atoms with Gasteiger partial charge in [-0.3, -0.25) is 29.5 Å². The predicted molar refractivity (Wildman–Crippen MR) is 183 cm³/mol. The van der Waals surface area contributed by atoms with Crippen LogP contribution in [0.5, 0.6) is 0 Å². The number of esters is 1. The van der Waals surface area contributed by atoms with E-state index in [-0.39, 0.29) is 33.9 Å². The Morgan fingerprint density at radius 1 is 0.918 bits per heavy atom. The van der Waals surface area contributed by atoms with Crippen molar-refractivity contribution >= 4 is 58.8 Å². The molecular formula is C36H35Cl2N3O8. The van der Waals surface area contributed by atoms with Crippen LogP contribution in [0.25, 0.3) is 6.08 Å². The van der Waals surface area contributed by atoms with E-state index in [0.717, 1.165) is 5.56 Å². The van der Waals surface area contributed by atoms with E-state index in [0.29, 0.717) is 11.3 Å². The standard InChI is InChI=1S/C36H35Cl2N3O8/c1-22(2)33(40-30(43)17-16-23-10-5-3-6-11-23)28-20-36(49-41-28,19-24-12-7-4-8-13-24)35(47)39-27(18-31(44)45)29(42)21-48-34(46)32-25(37)14-9-15-26(32)38/h3-17,20,22,27,33,41H,18-19,21H2,1-2H3,(H,39,47)(H,40,43)(H,44,45)/t27-,33-,36?/m0/s1. The average molecular weight is 709 g/mol. The van der Waals surface area contributed by atoms with Gasteiger partial charge in [-0.25, -0.2) is 4.79 Å². The van der Waals surface area contributed by atoms with E-state index in [1.807, 2.05) is 44.2 Å². The maximum absolute atomic E-state index is 14.0. The second kappa shape index (κ2) is 16.9. The van der Waals surface area contributed by atoms with Crippen molar-refractivity contribution in [2.45, 2.75) is 44.4 Å². The summed E-state index contributed by atoms with van der Waals surface area (Å²) in [6, 6.07) is 20.3. The van der Waals surface area contributed by atoms with Gasteiger partial charge >= 0.3 is 11.9 Å². The van der Waals surface area contributed by atoms with Crippen molar-refractivity contribution in [1.82, 2.24) is 16.1 Å². The summed E-state index contributed by atoms with van der Waals surface area (Å²) in [5.74, 6) is -4.65. The smallest absolute Gasteiger partial charge is 0.341 e. The van der Waals surface area contributed by atoms with Gasteiger partial charge in [-0.05, 0) is 41.3 Å². The summed E-state index contributed by atoms with van der Waals surface area (Å²) < 4.78 is 5.10. The minimum atomic E-state index is -1.77. The Labute approximate surface area is 293 Å². The van der Waals surface area contributed by atoms with Crippen LogP contribution in [0, 0.1) is 5.92 Å². The zero-order chi connectivity index (χ0) is 35.6. The normalized spacial score (nSPS) is 16.7. The van der Waals surface area contributed by atoms with Gasteiger partial charge < -0.3 is 20.5 Å². The molecule has 1 aliphatic heterocycles. The van der Waals surface area contributed by atoms with Crippen LogP contribution in [0.1, 0.15) is 41.8 Å². The first-order valence-corrected chi connectivity index (χ1v) is 16.0. The minimum absolute atomic E-state index is 0.000210. The predicted octanol–water partition coefficient (Wildman–Crippen LogP) is 4.93. The second-order valence-corrected chi connectivity index (χ2v) is 12.4. The first kappa shape index (κ1) is 36.9. The number of carbonyl (C=O) groups excluding carboxylic acids is 4. The number of hydrogen-bond donors (Lipinski definition) is 4. The van der Waals surface area contributed by atoms with Gasteiger partial charge in [0.25, 0.3) is 5.91 Å². The summed E-state index contributed by atoms with van der Waals surface area (Å²) in [7, 11) is 0. The number of carboxylic acid groups (broad SMARTS) is 1. The van der Waals surface area contributed by atoms with E-state index in [1.54, 1.807) is 36.4 Å². The fraction of sp³-hybridized carbons (Fsp3) is 0.250. The average Bonchev–Trinajstić information content (AvgIpc) is 3.50. The van der Waals surface area contributed by atoms with Gasteiger partial charge in [-0.15, -0.1) is 0 Å². The molecule has 1 aliphatic rings. The van der Waals surface area contributed by atoms with Gasteiger partial charge in [0.1, 0.15) is 6.04 Å². The highest BCUT2D eigenvalue weighted by molar-refractivity contribution is 6.39. The summed E-state index contributed by atoms with van der Waals surface area (Å²) in [5.41, 5.74) is 2.77. The van der Waals surface area contributed by atoms with Gasteiger partial charge in [-0.1, -0.05) is 104 Å². The Morgan fingerprint density at radius 3 is 2.16 bits per heavy atom. The van der Waals surface area contributed by atoms with Crippen molar-refractivity contribution in [3.05, 3.63) is 123 Å². The van der Waals surface area contributed by atoms with Crippen LogP contribution in [-0.2, 0) is 35.2 Å². The Hall–Kier alpha value is -4.97. The maximum atomic E-state index is 14.0. The third kappa shape index (κ3) is 10.0. The molecule has 3 aromatic rings. The molecule has 0 radical (unpaired) electrons. The molecule has 1 unspecified atom stereocenters. The quantitative estimate of drug-likeness (QED) is 0.127. The third-order valence-electron chi connectivity index (χ3n) is 7.54. The summed E-state index contributed by atoms with van der Waals surface area (Å²) in [4.78, 5) is 70.5. The molecule has 0 fully saturated rings. The number of hydrogen-bond acceptors (Lipinski definition) is 8. The van der Waals surface area contributed by atoms with E-state index in [2.05, 4.69) is 16.1 Å². The van der Waals surface area contributed by atoms with Crippen molar-refractivity contribution in [2.24, 2.45) is 5.92 Å². The molecule has 0 saturated heterocycles. The number of amides is 2. The Kier molecular flexibility index (Phi) is 12.7. The summed E-state index contributed by atoms with van der Waals surface area (Å²) in [6.45, 7) is 2.89. The number of ketones is 1. The highest BCUT2D eigenvalue weighted by atomic mass is 35.5. The molecule has 4 rings (SSSR count). The van der Waals surface area contributed by atoms with E-state index in [1.165, 1.54) is 30.4 Å². The number of Topliss-reactive ketones (excluding diaryl/α,β-unsaturated/α-hetero) is 1. The van der Waals surface area contributed by atoms with Crippen LogP contribution >= 0.6 is 23.2 Å². The van der Waals surface area contributed by atoms with Crippen LogP contribution in [0.15, 0.2) is 96.7 Å². The number of rotatable bonds is 15. The van der Waals surface area contributed by atoms with Crippen LogP contribution in [0.2, 0.25) is 10.0 Å². The summed E-state index contributed by atoms with van der Waals surface area (Å²) in [6.07, 6.45) is 3.77. The topological polar surface area (TPSA) is 160 Å². The molecule has 0 spiro atoms. The number of nitrogens with one attached hydrogen (secondary N) is 3. The molecular weight excluding hydrogens is 673 g/mol. The Bertz CT molecular complexity index is 1730. The number of carbonyl (C=O) groups is 5. The molecule has 0 aliphatic carbocycles. The number of halogens is 2. The van der Waals surface area contributed by atoms with Gasteiger partial charge in [-0.2, -0.15) is 0 Å². The zero-order valence-corrected chi connectivity index (χ0v) is 28.2. The van der Waals surface area contributed by atoms with Crippen molar-refractivity contribution < 1.29 is 38.7 Å². The highest BCUT2D eigenvalue weighted by Crippen LogP contribution is 2.29. The molecule has 0 saturated carbocycles. The lowest BCUT2D eigenvalue weighted by Crippen LogP contribution is -2.54. The lowest BCUT2D eigenvalue weighted by molar-refractivity contribution is -0.148. The largest absolute Gasteiger partial charge is 0.481 e. The number of carboxylic acids is 1. The molecule has 256 valence electrons. The fourth-order valence-electron chi connectivity index (χ4n) is 5.04. The van der Waals surface area contributed by atoms with E-state index >= 15 is 0 Å². The van der Waals surface area contributed by atoms with E-state index in [9.17, 15) is 29.1 Å². The van der Waals surface area contributed by atoms with Crippen LogP contribution in [0.4, 0.5) is 0 Å². The molecule has 49 heavy (non-hydrogen) atoms. The van der Waals surface area contributed by atoms with Gasteiger partial charge in [0.2, 0.25) is 5.91 Å². The molecule has 0 bridgehead atoms. The molecule has 0 aromatic heterocycles. The lowest BCUT2D eigenvalue weighted by Gasteiger charge is -2.27. The van der Waals surface area contributed by atoms with Crippen molar-refractivity contribution in [1.29, 1.82) is 0 Å². The Balaban J connectivity index is 1.57. The van der Waals surface area contributed by atoms with Crippen molar-refractivity contribution in [3.63, 3.8) is 0 Å². The second-order valence-electron chi connectivity index (χ2n) is 11.6. The van der Waals surface area contributed by atoms with E-state index < -0.39 is 54.3 Å². The molecule has 3 aromatic carbocycles. The van der Waals surface area contributed by atoms with Crippen LogP contribution in [0.3, 0.4) is 0 Å². The van der Waals surface area contributed by atoms with Gasteiger partial charge in [0.15, 0.2) is 18.0 Å². The summed E-state index contributed by atoms with van der Waals surface area (Å²) in [5, 5.41) is 15.0. The first-order chi connectivity index (χ1) is 23.4. The number of aliphatic carboxylic acids is 1. The number of hydroxylamine groups is 1. The summed E-state index contributed by atoms with van der Waals surface area (Å²) >= 11 is 12.1. The number of benzene rings is 3. The SMILES string of the molecule is CC(C)[C@H](NC(=O)C=Cc1ccccc1)C1=CC(Cc2ccccc2)(C(=O)N[C@@H](CC(=O)O)C(=O)COC(=O)c2c(Cl)cccc2Cl)ON1. The van der Waals surface area contributed by atoms with Crippen molar-refractivity contribution in [2.75, 3.05) is 6.61 Å². The minimum Gasteiger partial charge on any atom is -0.481 e. The van der Waals surface area contributed by atoms with Crippen LogP contribution < -0.4 is 16.1 Å². The van der Waals surface area contributed by atoms with Gasteiger partial charge in [0, 0.05) is 12.5 Å². The molecule has 3 atom stereocenters. The molecule has 4 N–H and O–H groups in total. The zero-order valence-electron chi connectivity index (χ0n) is 26.7. The van der Waals surface area contributed by atoms with E-state index in [4.69, 9.17) is 32.8 Å². The highest BCUT2D eigenvalue weighted by Gasteiger charge is 2.46. The monoisotopic (exact) mass is 707 g/mol. The lowest BCUT2D eigenvalue weighted by atomic mass is 9.90. The first-order valence-electron chi connectivity index (χ1n) is 15.3. The maximum Gasteiger partial charge on any atom is 0.341 e. The fourth-order valence-corrected chi connectivity index (χ4v) is 5.59. The molecule has 11 nitrogen and oxygen atoms in total. The molecule has 13 heteroatoms. The molecule has 2 amide bonds. The third-order valence-corrected chi connectivity index (χ3v) is 8.17. The Morgan fingerprint density at radius 2 is 1.55 bits per heavy atom. The molecule has 1 heterocycles.